The molecule has 0 atom stereocenters. The van der Waals surface area contributed by atoms with Crippen molar-refractivity contribution in [3.8, 4) is 6.07 Å². The lowest BCUT2D eigenvalue weighted by Crippen LogP contribution is -2.01. The quantitative estimate of drug-likeness (QED) is 0.661. The van der Waals surface area contributed by atoms with Crippen molar-refractivity contribution in [1.29, 1.82) is 5.26 Å². The second-order valence-corrected chi connectivity index (χ2v) is 4.56. The van der Waals surface area contributed by atoms with Crippen molar-refractivity contribution < 1.29 is 14.8 Å². The van der Waals surface area contributed by atoms with Gasteiger partial charge in [-0.1, -0.05) is 6.07 Å². The summed E-state index contributed by atoms with van der Waals surface area (Å²) >= 11 is 0. The highest BCUT2D eigenvalue weighted by atomic mass is 16.6. The third kappa shape index (κ3) is 3.02. The predicted octanol–water partition coefficient (Wildman–Crippen LogP) is 3.22. The van der Waals surface area contributed by atoms with Crippen LogP contribution in [0.15, 0.2) is 36.4 Å². The number of aromatic carboxylic acids is 1. The maximum absolute atomic E-state index is 11.0. The van der Waals surface area contributed by atoms with Crippen LogP contribution in [0.25, 0.3) is 0 Å². The number of non-ortho nitro benzene ring substituents is 1. The number of nitro groups is 1. The molecule has 22 heavy (non-hydrogen) atoms. The van der Waals surface area contributed by atoms with E-state index in [-0.39, 0.29) is 16.8 Å². The zero-order chi connectivity index (χ0) is 16.3. The molecule has 0 saturated heterocycles. The molecule has 0 heterocycles. The molecule has 0 saturated carbocycles. The van der Waals surface area contributed by atoms with E-state index in [4.69, 9.17) is 10.4 Å². The van der Waals surface area contributed by atoms with Crippen molar-refractivity contribution in [3.63, 3.8) is 0 Å². The number of carbonyl (C=O) groups is 1. The van der Waals surface area contributed by atoms with Crippen LogP contribution in [-0.2, 0) is 0 Å². The van der Waals surface area contributed by atoms with E-state index in [1.807, 2.05) is 6.07 Å². The number of nitrogens with one attached hydrogen (secondary N) is 1. The number of nitrogens with zero attached hydrogens (tertiary/aromatic N) is 2. The summed E-state index contributed by atoms with van der Waals surface area (Å²) in [5.41, 5.74) is 1.71. The summed E-state index contributed by atoms with van der Waals surface area (Å²) < 4.78 is 0. The van der Waals surface area contributed by atoms with Gasteiger partial charge in [-0.2, -0.15) is 5.26 Å². The maximum atomic E-state index is 11.0. The zero-order valence-electron chi connectivity index (χ0n) is 11.5. The average Bonchev–Trinajstić information content (AvgIpc) is 2.49. The van der Waals surface area contributed by atoms with Crippen LogP contribution in [0.2, 0.25) is 0 Å². The van der Waals surface area contributed by atoms with Gasteiger partial charge in [0.1, 0.15) is 6.07 Å². The molecule has 7 heteroatoms. The Morgan fingerprint density at radius 2 is 2.00 bits per heavy atom. The minimum Gasteiger partial charge on any atom is -0.478 e. The molecule has 2 N–H and O–H groups in total. The minimum absolute atomic E-state index is 0.105. The normalized spacial score (nSPS) is 9.82. The molecular formula is C15H11N3O4. The van der Waals surface area contributed by atoms with Crippen LogP contribution in [0.3, 0.4) is 0 Å². The number of nitro benzene ring substituents is 1. The number of hydrogen-bond donors (Lipinski definition) is 2. The Morgan fingerprint density at radius 3 is 2.59 bits per heavy atom. The van der Waals surface area contributed by atoms with E-state index in [9.17, 15) is 14.9 Å². The molecule has 0 spiro atoms. The van der Waals surface area contributed by atoms with E-state index < -0.39 is 10.9 Å². The third-order valence-electron chi connectivity index (χ3n) is 3.09. The van der Waals surface area contributed by atoms with Crippen molar-refractivity contribution in [1.82, 2.24) is 0 Å². The van der Waals surface area contributed by atoms with E-state index >= 15 is 0 Å². The first-order valence-electron chi connectivity index (χ1n) is 6.22. The summed E-state index contributed by atoms with van der Waals surface area (Å²) in [6.07, 6.45) is 0. The molecule has 0 bridgehead atoms. The van der Waals surface area contributed by atoms with Crippen molar-refractivity contribution >= 4 is 23.0 Å². The number of nitriles is 1. The Hall–Kier alpha value is -3.40. The van der Waals surface area contributed by atoms with Gasteiger partial charge in [-0.25, -0.2) is 4.79 Å². The van der Waals surface area contributed by atoms with E-state index in [0.29, 0.717) is 11.4 Å². The van der Waals surface area contributed by atoms with Crippen LogP contribution in [0.5, 0.6) is 0 Å². The molecule has 2 rings (SSSR count). The molecule has 0 fully saturated rings. The fraction of sp³-hybridized carbons (Fsp3) is 0.0667. The monoisotopic (exact) mass is 297 g/mol. The van der Waals surface area contributed by atoms with Gasteiger partial charge in [0.15, 0.2) is 0 Å². The van der Waals surface area contributed by atoms with Gasteiger partial charge in [-0.15, -0.1) is 0 Å². The van der Waals surface area contributed by atoms with Gasteiger partial charge in [0.25, 0.3) is 5.69 Å². The van der Waals surface area contributed by atoms with Crippen molar-refractivity contribution in [2.24, 2.45) is 0 Å². The lowest BCUT2D eigenvalue weighted by molar-refractivity contribution is -0.384. The SMILES string of the molecule is Cc1ccc(C(=O)O)cc1Nc1ccc([N+](=O)[O-])cc1C#N. The van der Waals surface area contributed by atoms with E-state index in [1.165, 1.54) is 30.3 Å². The van der Waals surface area contributed by atoms with E-state index in [0.717, 1.165) is 5.56 Å². The Labute approximate surface area is 125 Å². The lowest BCUT2D eigenvalue weighted by atomic mass is 10.1. The standard InChI is InChI=1S/C15H11N3O4/c1-9-2-3-10(15(19)20)7-14(9)17-13-5-4-12(18(21)22)6-11(13)8-16/h2-7,17H,1H3,(H,19,20). The lowest BCUT2D eigenvalue weighted by Gasteiger charge is -2.11. The number of carboxylic acid groups (broad SMARTS) is 1. The summed E-state index contributed by atoms with van der Waals surface area (Å²) in [6, 6.07) is 10.3. The van der Waals surface area contributed by atoms with E-state index in [1.54, 1.807) is 13.0 Å². The smallest absolute Gasteiger partial charge is 0.335 e. The first-order valence-corrected chi connectivity index (χ1v) is 6.22. The van der Waals surface area contributed by atoms with Crippen molar-refractivity contribution in [3.05, 3.63) is 63.2 Å². The molecule has 0 aliphatic carbocycles. The number of benzene rings is 2. The molecule has 0 amide bonds. The number of anilines is 2. The van der Waals surface area contributed by atoms with Gasteiger partial charge >= 0.3 is 5.97 Å². The van der Waals surface area contributed by atoms with Gasteiger partial charge in [0.2, 0.25) is 0 Å². The van der Waals surface area contributed by atoms with E-state index in [2.05, 4.69) is 5.32 Å². The number of rotatable bonds is 4. The van der Waals surface area contributed by atoms with Gasteiger partial charge in [0, 0.05) is 17.8 Å². The largest absolute Gasteiger partial charge is 0.478 e. The fourth-order valence-electron chi connectivity index (χ4n) is 1.88. The molecule has 0 radical (unpaired) electrons. The summed E-state index contributed by atoms with van der Waals surface area (Å²) in [5, 5.41) is 31.8. The van der Waals surface area contributed by atoms with Gasteiger partial charge < -0.3 is 10.4 Å². The molecular weight excluding hydrogens is 286 g/mol. The number of carboxylic acids is 1. The Bertz CT molecular complexity index is 809. The summed E-state index contributed by atoms with van der Waals surface area (Å²) in [4.78, 5) is 21.1. The Balaban J connectivity index is 2.43. The highest BCUT2D eigenvalue weighted by Crippen LogP contribution is 2.27. The van der Waals surface area contributed by atoms with Crippen LogP contribution >= 0.6 is 0 Å². The van der Waals surface area contributed by atoms with Crippen LogP contribution in [0, 0.1) is 28.4 Å². The molecule has 0 unspecified atom stereocenters. The second-order valence-electron chi connectivity index (χ2n) is 4.56. The topological polar surface area (TPSA) is 116 Å². The Morgan fingerprint density at radius 1 is 1.27 bits per heavy atom. The van der Waals surface area contributed by atoms with Crippen molar-refractivity contribution in [2.45, 2.75) is 6.92 Å². The molecule has 2 aromatic carbocycles. The first kappa shape index (κ1) is 15.0. The van der Waals surface area contributed by atoms with Crippen molar-refractivity contribution in [2.75, 3.05) is 5.32 Å². The Kier molecular flexibility index (Phi) is 4.04. The average molecular weight is 297 g/mol. The van der Waals surface area contributed by atoms with Gasteiger partial charge in [-0.3, -0.25) is 10.1 Å². The van der Waals surface area contributed by atoms with Gasteiger partial charge in [0.05, 0.1) is 21.7 Å². The maximum Gasteiger partial charge on any atom is 0.335 e. The summed E-state index contributed by atoms with van der Waals surface area (Å²) in [5.74, 6) is -1.06. The minimum atomic E-state index is -1.06. The van der Waals surface area contributed by atoms with Crippen LogP contribution < -0.4 is 5.32 Å². The highest BCUT2D eigenvalue weighted by molar-refractivity contribution is 5.89. The second kappa shape index (κ2) is 5.93. The fourth-order valence-corrected chi connectivity index (χ4v) is 1.88. The zero-order valence-corrected chi connectivity index (χ0v) is 11.5. The number of hydrogen-bond acceptors (Lipinski definition) is 5. The summed E-state index contributed by atoms with van der Waals surface area (Å²) in [6.45, 7) is 1.78. The predicted molar refractivity (Wildman–Crippen MR) is 79.2 cm³/mol. The first-order chi connectivity index (χ1) is 10.4. The molecule has 110 valence electrons. The number of aryl methyl sites for hydroxylation is 1. The summed E-state index contributed by atoms with van der Waals surface area (Å²) in [7, 11) is 0. The molecule has 0 aliphatic heterocycles. The van der Waals surface area contributed by atoms with Gasteiger partial charge in [-0.05, 0) is 30.7 Å². The third-order valence-corrected chi connectivity index (χ3v) is 3.09. The molecule has 0 aliphatic rings. The molecule has 2 aromatic rings. The highest BCUT2D eigenvalue weighted by Gasteiger charge is 2.12. The van der Waals surface area contributed by atoms with Crippen LogP contribution in [0.1, 0.15) is 21.5 Å². The van der Waals surface area contributed by atoms with Crippen LogP contribution in [-0.4, -0.2) is 16.0 Å². The molecule has 0 aromatic heterocycles. The molecule has 7 nitrogen and oxygen atoms in total. The van der Waals surface area contributed by atoms with Crippen LogP contribution in [0.4, 0.5) is 17.1 Å².